The number of H-pyrrole nitrogens is 1. The van der Waals surface area contributed by atoms with E-state index in [1.54, 1.807) is 7.11 Å². The molecule has 0 spiro atoms. The Bertz CT molecular complexity index is 1280. The average Bonchev–Trinajstić information content (AvgIpc) is 3.21. The Morgan fingerprint density at radius 1 is 1.00 bits per heavy atom. The van der Waals surface area contributed by atoms with E-state index in [0.717, 1.165) is 38.4 Å². The maximum Gasteiger partial charge on any atom is 0.227 e. The molecule has 168 valence electrons. The van der Waals surface area contributed by atoms with Crippen molar-refractivity contribution in [3.63, 3.8) is 0 Å². The van der Waals surface area contributed by atoms with E-state index in [9.17, 15) is 9.59 Å². The number of carbonyl (C=O) groups excluding carboxylic acids is 2. The number of aromatic nitrogens is 1. The number of anilines is 1. The molecule has 4 aromatic rings. The standard InChI is InChI=1S/C26H25N3O3S/c1-32-18-12-10-17(11-13-18)26-20(19-6-2-3-7-21(19)29-26)14-15-25(31)28-22-8-4-5-9-23(22)33-16-24(27)30/h2-13,29H,14-16H2,1H3,(H2,27,30)(H,28,31). The molecule has 2 amide bonds. The Labute approximate surface area is 196 Å². The highest BCUT2D eigenvalue weighted by molar-refractivity contribution is 8.00. The van der Waals surface area contributed by atoms with Crippen LogP contribution in [0.1, 0.15) is 12.0 Å². The maximum atomic E-state index is 12.8. The van der Waals surface area contributed by atoms with Crippen LogP contribution in [-0.2, 0) is 16.0 Å². The van der Waals surface area contributed by atoms with E-state index < -0.39 is 5.91 Å². The zero-order chi connectivity index (χ0) is 23.2. The van der Waals surface area contributed by atoms with Gasteiger partial charge in [0.1, 0.15) is 5.75 Å². The van der Waals surface area contributed by atoms with Gasteiger partial charge in [-0.1, -0.05) is 30.3 Å². The molecule has 0 bridgehead atoms. The predicted molar refractivity (Wildman–Crippen MR) is 134 cm³/mol. The minimum atomic E-state index is -0.397. The van der Waals surface area contributed by atoms with Gasteiger partial charge in [-0.25, -0.2) is 0 Å². The fraction of sp³-hybridized carbons (Fsp3) is 0.154. The zero-order valence-electron chi connectivity index (χ0n) is 18.3. The molecule has 0 aliphatic heterocycles. The normalized spacial score (nSPS) is 10.8. The van der Waals surface area contributed by atoms with Crippen LogP contribution in [-0.4, -0.2) is 29.7 Å². The SMILES string of the molecule is COc1ccc(-c2[nH]c3ccccc3c2CCC(=O)Nc2ccccc2SCC(N)=O)cc1. The number of aryl methyl sites for hydroxylation is 1. The Balaban J connectivity index is 1.54. The first kappa shape index (κ1) is 22.5. The fourth-order valence-electron chi connectivity index (χ4n) is 3.76. The molecular weight excluding hydrogens is 434 g/mol. The number of aromatic amines is 1. The van der Waals surface area contributed by atoms with Crippen LogP contribution in [0.3, 0.4) is 0 Å². The largest absolute Gasteiger partial charge is 0.497 e. The van der Waals surface area contributed by atoms with Gasteiger partial charge in [-0.2, -0.15) is 0 Å². The van der Waals surface area contributed by atoms with Crippen LogP contribution in [0.2, 0.25) is 0 Å². The van der Waals surface area contributed by atoms with Gasteiger partial charge in [-0.15, -0.1) is 11.8 Å². The molecule has 7 heteroatoms. The number of methoxy groups -OCH3 is 1. The zero-order valence-corrected chi connectivity index (χ0v) is 19.1. The van der Waals surface area contributed by atoms with E-state index in [2.05, 4.69) is 16.4 Å². The van der Waals surface area contributed by atoms with Crippen LogP contribution in [0.5, 0.6) is 5.75 Å². The van der Waals surface area contributed by atoms with Gasteiger partial charge in [0.2, 0.25) is 11.8 Å². The molecule has 0 fully saturated rings. The Morgan fingerprint density at radius 3 is 2.48 bits per heavy atom. The van der Waals surface area contributed by atoms with Crippen LogP contribution >= 0.6 is 11.8 Å². The average molecular weight is 460 g/mol. The Kier molecular flexibility index (Phi) is 7.00. The van der Waals surface area contributed by atoms with Gasteiger partial charge in [-0.05, 0) is 60.0 Å². The summed E-state index contributed by atoms with van der Waals surface area (Å²) in [7, 11) is 1.65. The van der Waals surface area contributed by atoms with Crippen LogP contribution in [0.25, 0.3) is 22.2 Å². The topological polar surface area (TPSA) is 97.2 Å². The third-order valence-electron chi connectivity index (χ3n) is 5.33. The second-order valence-electron chi connectivity index (χ2n) is 7.55. The number of amides is 2. The van der Waals surface area contributed by atoms with Gasteiger partial charge >= 0.3 is 0 Å². The van der Waals surface area contributed by atoms with Crippen molar-refractivity contribution in [3.8, 4) is 17.0 Å². The first-order valence-corrected chi connectivity index (χ1v) is 11.6. The molecule has 0 radical (unpaired) electrons. The van der Waals surface area contributed by atoms with Crippen LogP contribution in [0.15, 0.2) is 77.7 Å². The highest BCUT2D eigenvalue weighted by atomic mass is 32.2. The summed E-state index contributed by atoms with van der Waals surface area (Å²) in [5.41, 5.74) is 10.1. The van der Waals surface area contributed by atoms with Gasteiger partial charge in [-0.3, -0.25) is 9.59 Å². The van der Waals surface area contributed by atoms with Crippen LogP contribution in [0.4, 0.5) is 5.69 Å². The van der Waals surface area contributed by atoms with Crippen molar-refractivity contribution in [2.45, 2.75) is 17.7 Å². The van der Waals surface area contributed by atoms with Crippen molar-refractivity contribution in [1.82, 2.24) is 4.98 Å². The molecule has 0 saturated heterocycles. The number of para-hydroxylation sites is 2. The Hall–Kier alpha value is -3.71. The molecule has 0 aliphatic rings. The molecule has 0 unspecified atom stereocenters. The maximum absolute atomic E-state index is 12.8. The number of nitrogens with one attached hydrogen (secondary N) is 2. The van der Waals surface area contributed by atoms with E-state index in [1.807, 2.05) is 66.7 Å². The second-order valence-corrected chi connectivity index (χ2v) is 8.57. The lowest BCUT2D eigenvalue weighted by molar-refractivity contribution is -0.116. The molecule has 1 aromatic heterocycles. The van der Waals surface area contributed by atoms with Crippen molar-refractivity contribution in [2.75, 3.05) is 18.2 Å². The number of thioether (sulfide) groups is 1. The third-order valence-corrected chi connectivity index (χ3v) is 6.42. The summed E-state index contributed by atoms with van der Waals surface area (Å²) in [5, 5.41) is 4.09. The van der Waals surface area contributed by atoms with E-state index in [4.69, 9.17) is 10.5 Å². The van der Waals surface area contributed by atoms with E-state index >= 15 is 0 Å². The number of carbonyl (C=O) groups is 2. The summed E-state index contributed by atoms with van der Waals surface area (Å²) < 4.78 is 5.28. The number of benzene rings is 3. The van der Waals surface area contributed by atoms with Crippen LogP contribution < -0.4 is 15.8 Å². The predicted octanol–water partition coefficient (Wildman–Crippen LogP) is 4.99. The van der Waals surface area contributed by atoms with Crippen molar-refractivity contribution >= 4 is 40.2 Å². The van der Waals surface area contributed by atoms with Gasteiger partial charge in [0.15, 0.2) is 0 Å². The summed E-state index contributed by atoms with van der Waals surface area (Å²) in [4.78, 5) is 28.3. The lowest BCUT2D eigenvalue weighted by Crippen LogP contribution is -2.15. The summed E-state index contributed by atoms with van der Waals surface area (Å²) in [6.45, 7) is 0. The highest BCUT2D eigenvalue weighted by Gasteiger charge is 2.15. The summed E-state index contributed by atoms with van der Waals surface area (Å²) in [6.07, 6.45) is 0.896. The number of primary amides is 1. The van der Waals surface area contributed by atoms with E-state index in [-0.39, 0.29) is 11.7 Å². The molecule has 1 heterocycles. The van der Waals surface area contributed by atoms with Crippen molar-refractivity contribution in [1.29, 1.82) is 0 Å². The molecule has 0 saturated carbocycles. The molecule has 0 atom stereocenters. The fourth-order valence-corrected chi connectivity index (χ4v) is 4.51. The number of ether oxygens (including phenoxy) is 1. The minimum Gasteiger partial charge on any atom is -0.497 e. The first-order chi connectivity index (χ1) is 16.0. The molecule has 6 nitrogen and oxygen atoms in total. The van der Waals surface area contributed by atoms with Gasteiger partial charge < -0.3 is 20.8 Å². The van der Waals surface area contributed by atoms with Crippen molar-refractivity contribution in [3.05, 3.63) is 78.4 Å². The summed E-state index contributed by atoms with van der Waals surface area (Å²) in [5.74, 6) is 0.469. The summed E-state index contributed by atoms with van der Waals surface area (Å²) in [6, 6.07) is 23.4. The third kappa shape index (κ3) is 5.38. The Morgan fingerprint density at radius 2 is 1.73 bits per heavy atom. The molecule has 33 heavy (non-hydrogen) atoms. The van der Waals surface area contributed by atoms with Gasteiger partial charge in [0.05, 0.1) is 18.6 Å². The summed E-state index contributed by atoms with van der Waals surface area (Å²) >= 11 is 1.31. The molecule has 0 aliphatic carbocycles. The molecule has 3 aromatic carbocycles. The monoisotopic (exact) mass is 459 g/mol. The highest BCUT2D eigenvalue weighted by Crippen LogP contribution is 2.32. The lowest BCUT2D eigenvalue weighted by atomic mass is 10.0. The quantitative estimate of drug-likeness (QED) is 0.307. The number of hydrogen-bond donors (Lipinski definition) is 3. The molecular formula is C26H25N3O3S. The minimum absolute atomic E-state index is 0.0897. The van der Waals surface area contributed by atoms with Gasteiger partial charge in [0, 0.05) is 27.9 Å². The van der Waals surface area contributed by atoms with Crippen molar-refractivity contribution in [2.24, 2.45) is 5.73 Å². The molecule has 4 N–H and O–H groups in total. The van der Waals surface area contributed by atoms with Crippen molar-refractivity contribution < 1.29 is 14.3 Å². The van der Waals surface area contributed by atoms with E-state index in [0.29, 0.717) is 18.5 Å². The number of fused-ring (bicyclic) bond motifs is 1. The van der Waals surface area contributed by atoms with E-state index in [1.165, 1.54) is 11.8 Å². The molecule has 4 rings (SSSR count). The second kappa shape index (κ2) is 10.3. The smallest absolute Gasteiger partial charge is 0.227 e. The number of rotatable bonds is 9. The van der Waals surface area contributed by atoms with Gasteiger partial charge in [0.25, 0.3) is 0 Å². The number of nitrogens with two attached hydrogens (primary N) is 1. The first-order valence-electron chi connectivity index (χ1n) is 10.6. The van der Waals surface area contributed by atoms with Crippen LogP contribution in [0, 0.1) is 0 Å². The number of hydrogen-bond acceptors (Lipinski definition) is 4. The lowest BCUT2D eigenvalue weighted by Gasteiger charge is -2.11.